The number of nitrogens with zero attached hydrogens (tertiary/aromatic N) is 2. The molecule has 0 spiro atoms. The maximum Gasteiger partial charge on any atom is 0.414 e. The number of hydrogen-bond donors (Lipinski definition) is 0. The van der Waals surface area contributed by atoms with Gasteiger partial charge in [-0.2, -0.15) is 0 Å². The van der Waals surface area contributed by atoms with Crippen LogP contribution in [-0.4, -0.2) is 50.1 Å². The minimum absolute atomic E-state index is 0. The van der Waals surface area contributed by atoms with Crippen LogP contribution in [0.1, 0.15) is 6.42 Å². The summed E-state index contributed by atoms with van der Waals surface area (Å²) in [6.45, 7) is 1.75. The van der Waals surface area contributed by atoms with Crippen LogP contribution in [0.2, 0.25) is 0 Å². The molecule has 0 aromatic heterocycles. The molecule has 0 bridgehead atoms. The van der Waals surface area contributed by atoms with Crippen molar-refractivity contribution in [3.8, 4) is 0 Å². The Morgan fingerprint density at radius 1 is 1.57 bits per heavy atom. The Bertz CT molecular complexity index is 229. The summed E-state index contributed by atoms with van der Waals surface area (Å²) >= 11 is 0. The van der Waals surface area contributed by atoms with Gasteiger partial charge in [0, 0.05) is 20.6 Å². The Labute approximate surface area is 95.3 Å². The van der Waals surface area contributed by atoms with Crippen molar-refractivity contribution in [3.63, 3.8) is 0 Å². The highest BCUT2D eigenvalue weighted by molar-refractivity contribution is 8.93. The van der Waals surface area contributed by atoms with Gasteiger partial charge in [0.2, 0.25) is 0 Å². The summed E-state index contributed by atoms with van der Waals surface area (Å²) in [5.74, 6) is 0.757. The van der Waals surface area contributed by atoms with E-state index in [1.807, 2.05) is 13.1 Å². The van der Waals surface area contributed by atoms with Crippen molar-refractivity contribution < 1.29 is 9.53 Å². The van der Waals surface area contributed by atoms with Crippen molar-refractivity contribution in [3.05, 3.63) is 11.8 Å². The molecule has 0 N–H and O–H groups in total. The van der Waals surface area contributed by atoms with Crippen LogP contribution in [0.25, 0.3) is 0 Å². The van der Waals surface area contributed by atoms with Crippen molar-refractivity contribution >= 4 is 23.1 Å². The molecule has 1 rings (SSSR count). The molecule has 0 saturated heterocycles. The van der Waals surface area contributed by atoms with E-state index in [0.29, 0.717) is 0 Å². The summed E-state index contributed by atoms with van der Waals surface area (Å²) in [7, 11) is 5.36. The molecule has 0 aromatic carbocycles. The fourth-order valence-electron chi connectivity index (χ4n) is 1.13. The normalized spacial score (nSPS) is 16.6. The van der Waals surface area contributed by atoms with Gasteiger partial charge in [-0.15, -0.1) is 17.0 Å². The number of carbonyl (C=O) groups is 1. The molecule has 82 valence electrons. The molecule has 0 saturated carbocycles. The molecule has 5 heteroatoms. The van der Waals surface area contributed by atoms with Crippen LogP contribution in [-0.2, 0) is 4.74 Å². The van der Waals surface area contributed by atoms with E-state index in [4.69, 9.17) is 4.74 Å². The van der Waals surface area contributed by atoms with E-state index < -0.39 is 0 Å². The van der Waals surface area contributed by atoms with Crippen molar-refractivity contribution in [2.24, 2.45) is 0 Å². The summed E-state index contributed by atoms with van der Waals surface area (Å²) in [4.78, 5) is 14.7. The topological polar surface area (TPSA) is 32.8 Å². The van der Waals surface area contributed by atoms with Crippen LogP contribution < -0.4 is 0 Å². The van der Waals surface area contributed by atoms with Gasteiger partial charge in [-0.25, -0.2) is 4.79 Å². The maximum absolute atomic E-state index is 11.2. The lowest BCUT2D eigenvalue weighted by Crippen LogP contribution is -2.30. The highest BCUT2D eigenvalue weighted by atomic mass is 79.9. The molecule has 14 heavy (non-hydrogen) atoms. The molecule has 1 aliphatic heterocycles. The predicted octanol–water partition coefficient (Wildman–Crippen LogP) is 1.48. The number of ether oxygens (including phenoxy) is 1. The maximum atomic E-state index is 11.2. The van der Waals surface area contributed by atoms with Gasteiger partial charge >= 0.3 is 6.09 Å². The lowest BCUT2D eigenvalue weighted by Gasteiger charge is -2.23. The van der Waals surface area contributed by atoms with Gasteiger partial charge in [0.1, 0.15) is 5.76 Å². The van der Waals surface area contributed by atoms with Crippen LogP contribution in [0.4, 0.5) is 4.79 Å². The molecule has 1 heterocycles. The number of carbonyl (C=O) groups excluding carboxylic acids is 1. The van der Waals surface area contributed by atoms with Crippen molar-refractivity contribution in [2.45, 2.75) is 6.42 Å². The summed E-state index contributed by atoms with van der Waals surface area (Å²) in [5.41, 5.74) is 0. The first-order valence-electron chi connectivity index (χ1n) is 4.36. The Kier molecular flexibility index (Phi) is 5.79. The first-order valence-corrected chi connectivity index (χ1v) is 4.36. The molecule has 0 aromatic rings. The summed E-state index contributed by atoms with van der Waals surface area (Å²) in [5, 5.41) is 0. The van der Waals surface area contributed by atoms with Gasteiger partial charge in [0.25, 0.3) is 0 Å². The summed E-state index contributed by atoms with van der Waals surface area (Å²) in [6, 6.07) is 0. The Morgan fingerprint density at radius 2 is 2.21 bits per heavy atom. The molecular weight excluding hydrogens is 248 g/mol. The first kappa shape index (κ1) is 13.4. The van der Waals surface area contributed by atoms with Crippen molar-refractivity contribution in [2.75, 3.05) is 34.2 Å². The second kappa shape index (κ2) is 6.03. The van der Waals surface area contributed by atoms with Gasteiger partial charge < -0.3 is 9.64 Å². The Hall–Kier alpha value is -0.550. The second-order valence-electron chi connectivity index (χ2n) is 3.46. The van der Waals surface area contributed by atoms with E-state index in [-0.39, 0.29) is 23.1 Å². The van der Waals surface area contributed by atoms with Gasteiger partial charge in [0.15, 0.2) is 0 Å². The third-order valence-corrected chi connectivity index (χ3v) is 1.89. The van der Waals surface area contributed by atoms with E-state index >= 15 is 0 Å². The number of likely N-dealkylation sites (N-methyl/N-ethyl adjacent to an activating group) is 1. The highest BCUT2D eigenvalue weighted by Crippen LogP contribution is 2.09. The molecule has 1 amide bonds. The number of rotatable bonds is 1. The van der Waals surface area contributed by atoms with Crippen LogP contribution in [0.3, 0.4) is 0 Å². The van der Waals surface area contributed by atoms with Crippen LogP contribution in [0, 0.1) is 0 Å². The largest absolute Gasteiger partial charge is 0.414 e. The zero-order valence-electron chi connectivity index (χ0n) is 8.82. The quantitative estimate of drug-likeness (QED) is 0.720. The molecule has 4 nitrogen and oxygen atoms in total. The molecule has 0 atom stereocenters. The van der Waals surface area contributed by atoms with E-state index in [1.54, 1.807) is 14.1 Å². The fourth-order valence-corrected chi connectivity index (χ4v) is 1.13. The summed E-state index contributed by atoms with van der Waals surface area (Å²) < 4.78 is 5.13. The highest BCUT2D eigenvalue weighted by Gasteiger charge is 2.13. The van der Waals surface area contributed by atoms with E-state index in [0.717, 1.165) is 25.3 Å². The average molecular weight is 265 g/mol. The average Bonchev–Trinajstić information content (AvgIpc) is 2.04. The van der Waals surface area contributed by atoms with Gasteiger partial charge in [-0.05, 0) is 19.5 Å². The molecule has 1 aliphatic rings. The molecular formula is C9H17BrN2O2. The SMILES string of the molecule is Br.CN1CCC=C(OC(=O)N(C)C)C1. The fraction of sp³-hybridized carbons (Fsp3) is 0.667. The van der Waals surface area contributed by atoms with Gasteiger partial charge in [-0.1, -0.05) is 0 Å². The third kappa shape index (κ3) is 4.11. The van der Waals surface area contributed by atoms with Crippen LogP contribution >= 0.6 is 17.0 Å². The molecule has 0 aliphatic carbocycles. The zero-order valence-corrected chi connectivity index (χ0v) is 10.5. The number of halogens is 1. The minimum Gasteiger partial charge on any atom is -0.414 e. The number of amides is 1. The zero-order chi connectivity index (χ0) is 9.84. The molecule has 0 unspecified atom stereocenters. The predicted molar refractivity (Wildman–Crippen MR) is 60.7 cm³/mol. The van der Waals surface area contributed by atoms with E-state index in [9.17, 15) is 4.79 Å². The second-order valence-corrected chi connectivity index (χ2v) is 3.46. The minimum atomic E-state index is -0.304. The smallest absolute Gasteiger partial charge is 0.414 e. The standard InChI is InChI=1S/C9H16N2O2.BrH/c1-10(2)9(12)13-8-5-4-6-11(3)7-8;/h5H,4,6-7H2,1-3H3;1H. The van der Waals surface area contributed by atoms with E-state index in [1.165, 1.54) is 4.90 Å². The van der Waals surface area contributed by atoms with E-state index in [2.05, 4.69) is 4.90 Å². The van der Waals surface area contributed by atoms with Crippen LogP contribution in [0.15, 0.2) is 11.8 Å². The monoisotopic (exact) mass is 264 g/mol. The lowest BCUT2D eigenvalue weighted by molar-refractivity contribution is 0.135. The Morgan fingerprint density at radius 3 is 2.71 bits per heavy atom. The van der Waals surface area contributed by atoms with Gasteiger partial charge in [0.05, 0.1) is 6.54 Å². The number of hydrogen-bond acceptors (Lipinski definition) is 3. The van der Waals surface area contributed by atoms with Gasteiger partial charge in [-0.3, -0.25) is 4.90 Å². The van der Waals surface area contributed by atoms with Crippen molar-refractivity contribution in [1.82, 2.24) is 9.80 Å². The molecule has 0 fully saturated rings. The first-order chi connectivity index (χ1) is 6.09. The third-order valence-electron chi connectivity index (χ3n) is 1.89. The Balaban J connectivity index is 0.00000169. The van der Waals surface area contributed by atoms with Crippen LogP contribution in [0.5, 0.6) is 0 Å². The lowest BCUT2D eigenvalue weighted by atomic mass is 10.2. The summed E-state index contributed by atoms with van der Waals surface area (Å²) in [6.07, 6.45) is 2.62. The van der Waals surface area contributed by atoms with Crippen molar-refractivity contribution in [1.29, 1.82) is 0 Å². The molecule has 0 radical (unpaired) electrons.